The Labute approximate surface area is 195 Å². The number of benzene rings is 2. The minimum absolute atomic E-state index is 0.0109. The Bertz CT molecular complexity index is 1110. The van der Waals surface area contributed by atoms with Crippen molar-refractivity contribution >= 4 is 23.3 Å². The van der Waals surface area contributed by atoms with Crippen molar-refractivity contribution in [3.63, 3.8) is 0 Å². The van der Waals surface area contributed by atoms with Crippen LogP contribution in [0.2, 0.25) is 5.02 Å². The zero-order chi connectivity index (χ0) is 22.7. The van der Waals surface area contributed by atoms with Crippen LogP contribution in [0.5, 0.6) is 0 Å². The molecule has 32 heavy (non-hydrogen) atoms. The zero-order valence-corrected chi connectivity index (χ0v) is 19.7. The summed E-state index contributed by atoms with van der Waals surface area (Å²) >= 11 is 6.25. The standard InChI is InChI=1S/C26H29ClN4O/c1-4-24-22(17-20-11-9-18(2)10-12-20)25(29-19(3)28-24)30-13-15-31(16-14-30)26(32)21-7-5-6-8-23(21)27/h5-12H,4,13-17H2,1-3H3. The van der Waals surface area contributed by atoms with Gasteiger partial charge in [0, 0.05) is 43.9 Å². The maximum atomic E-state index is 13.0. The number of piperazine rings is 1. The van der Waals surface area contributed by atoms with Crippen LogP contribution in [0.1, 0.15) is 45.5 Å². The van der Waals surface area contributed by atoms with Crippen LogP contribution < -0.4 is 4.90 Å². The average molecular weight is 449 g/mol. The SMILES string of the molecule is CCc1nc(C)nc(N2CCN(C(=O)c3ccccc3Cl)CC2)c1Cc1ccc(C)cc1. The van der Waals surface area contributed by atoms with Gasteiger partial charge in [0.25, 0.3) is 5.91 Å². The zero-order valence-electron chi connectivity index (χ0n) is 18.9. The molecule has 1 aliphatic heterocycles. The highest BCUT2D eigenvalue weighted by Crippen LogP contribution is 2.27. The predicted octanol–water partition coefficient (Wildman–Crippen LogP) is 4.86. The molecule has 1 aromatic heterocycles. The molecule has 2 aromatic carbocycles. The van der Waals surface area contributed by atoms with Crippen molar-refractivity contribution in [2.75, 3.05) is 31.1 Å². The first kappa shape index (κ1) is 22.3. The van der Waals surface area contributed by atoms with E-state index in [1.54, 1.807) is 12.1 Å². The molecule has 2 heterocycles. The van der Waals surface area contributed by atoms with Gasteiger partial charge in [0.1, 0.15) is 11.6 Å². The van der Waals surface area contributed by atoms with E-state index in [4.69, 9.17) is 21.6 Å². The number of halogens is 1. The van der Waals surface area contributed by atoms with Crippen LogP contribution >= 0.6 is 11.6 Å². The fraction of sp³-hybridized carbons (Fsp3) is 0.346. The third kappa shape index (κ3) is 4.78. The largest absolute Gasteiger partial charge is 0.353 e. The summed E-state index contributed by atoms with van der Waals surface area (Å²) in [5.41, 5.74) is 5.36. The van der Waals surface area contributed by atoms with Crippen LogP contribution in [0.15, 0.2) is 48.5 Å². The molecular formula is C26H29ClN4O. The Kier molecular flexibility index (Phi) is 6.75. The van der Waals surface area contributed by atoms with E-state index >= 15 is 0 Å². The molecule has 166 valence electrons. The molecule has 1 amide bonds. The third-order valence-electron chi connectivity index (χ3n) is 5.99. The van der Waals surface area contributed by atoms with Gasteiger partial charge in [0.15, 0.2) is 0 Å². The third-order valence-corrected chi connectivity index (χ3v) is 6.32. The first-order valence-corrected chi connectivity index (χ1v) is 11.5. The number of aromatic nitrogens is 2. The molecule has 1 aliphatic rings. The fourth-order valence-corrected chi connectivity index (χ4v) is 4.43. The smallest absolute Gasteiger partial charge is 0.255 e. The summed E-state index contributed by atoms with van der Waals surface area (Å²) in [4.78, 5) is 26.7. The molecular weight excluding hydrogens is 420 g/mol. The summed E-state index contributed by atoms with van der Waals surface area (Å²) < 4.78 is 0. The second kappa shape index (κ2) is 9.70. The lowest BCUT2D eigenvalue weighted by atomic mass is 10.0. The second-order valence-electron chi connectivity index (χ2n) is 8.29. The van der Waals surface area contributed by atoms with Crippen LogP contribution in [0.3, 0.4) is 0 Å². The van der Waals surface area contributed by atoms with Crippen LogP contribution in [0.4, 0.5) is 5.82 Å². The van der Waals surface area contributed by atoms with E-state index in [9.17, 15) is 4.79 Å². The van der Waals surface area contributed by atoms with Crippen LogP contribution in [-0.4, -0.2) is 47.0 Å². The number of anilines is 1. The molecule has 4 rings (SSSR count). The molecule has 1 fully saturated rings. The van der Waals surface area contributed by atoms with E-state index in [0.717, 1.165) is 43.3 Å². The van der Waals surface area contributed by atoms with Crippen LogP contribution in [0, 0.1) is 13.8 Å². The predicted molar refractivity (Wildman–Crippen MR) is 130 cm³/mol. The maximum Gasteiger partial charge on any atom is 0.255 e. The van der Waals surface area contributed by atoms with E-state index in [2.05, 4.69) is 43.0 Å². The van der Waals surface area contributed by atoms with Crippen molar-refractivity contribution < 1.29 is 4.79 Å². The molecule has 6 heteroatoms. The first-order chi connectivity index (χ1) is 15.5. The van der Waals surface area contributed by atoms with Gasteiger partial charge >= 0.3 is 0 Å². The van der Waals surface area contributed by atoms with Crippen molar-refractivity contribution in [1.29, 1.82) is 0 Å². The summed E-state index contributed by atoms with van der Waals surface area (Å²) in [6.07, 6.45) is 1.67. The number of carbonyl (C=O) groups is 1. The number of hydrogen-bond donors (Lipinski definition) is 0. The normalized spacial score (nSPS) is 14.0. The van der Waals surface area contributed by atoms with Gasteiger partial charge < -0.3 is 9.80 Å². The fourth-order valence-electron chi connectivity index (χ4n) is 4.21. The summed E-state index contributed by atoms with van der Waals surface area (Å²) in [5, 5.41) is 0.499. The Morgan fingerprint density at radius 2 is 1.66 bits per heavy atom. The first-order valence-electron chi connectivity index (χ1n) is 11.2. The van der Waals surface area contributed by atoms with Gasteiger partial charge in [-0.15, -0.1) is 0 Å². The highest BCUT2D eigenvalue weighted by Gasteiger charge is 2.26. The molecule has 0 unspecified atom stereocenters. The Morgan fingerprint density at radius 3 is 2.31 bits per heavy atom. The Balaban J connectivity index is 1.56. The lowest BCUT2D eigenvalue weighted by Gasteiger charge is -2.36. The Hall–Kier alpha value is -2.92. The number of aryl methyl sites for hydroxylation is 3. The van der Waals surface area contributed by atoms with E-state index in [1.807, 2.05) is 24.0 Å². The summed E-state index contributed by atoms with van der Waals surface area (Å²) in [6, 6.07) is 15.9. The summed E-state index contributed by atoms with van der Waals surface area (Å²) in [5.74, 6) is 1.78. The molecule has 0 saturated carbocycles. The van der Waals surface area contributed by atoms with Crippen molar-refractivity contribution in [2.45, 2.75) is 33.6 Å². The van der Waals surface area contributed by atoms with E-state index in [-0.39, 0.29) is 5.91 Å². The highest BCUT2D eigenvalue weighted by molar-refractivity contribution is 6.33. The van der Waals surface area contributed by atoms with Gasteiger partial charge in [-0.05, 0) is 38.0 Å². The number of hydrogen-bond acceptors (Lipinski definition) is 4. The van der Waals surface area contributed by atoms with Crippen molar-refractivity contribution in [1.82, 2.24) is 14.9 Å². The number of nitrogens with zero attached hydrogens (tertiary/aromatic N) is 4. The van der Waals surface area contributed by atoms with E-state index in [1.165, 1.54) is 16.7 Å². The monoisotopic (exact) mass is 448 g/mol. The summed E-state index contributed by atoms with van der Waals surface area (Å²) in [7, 11) is 0. The Morgan fingerprint density at radius 1 is 0.969 bits per heavy atom. The van der Waals surface area contributed by atoms with Gasteiger partial charge in [-0.3, -0.25) is 4.79 Å². The second-order valence-corrected chi connectivity index (χ2v) is 8.70. The highest BCUT2D eigenvalue weighted by atomic mass is 35.5. The van der Waals surface area contributed by atoms with E-state index in [0.29, 0.717) is 23.7 Å². The van der Waals surface area contributed by atoms with Gasteiger partial charge in [0.2, 0.25) is 0 Å². The van der Waals surface area contributed by atoms with Crippen molar-refractivity contribution in [3.8, 4) is 0 Å². The van der Waals surface area contributed by atoms with Crippen LogP contribution in [-0.2, 0) is 12.8 Å². The summed E-state index contributed by atoms with van der Waals surface area (Å²) in [6.45, 7) is 8.94. The van der Waals surface area contributed by atoms with Gasteiger partial charge in [-0.1, -0.05) is 60.5 Å². The maximum absolute atomic E-state index is 13.0. The van der Waals surface area contributed by atoms with Crippen molar-refractivity contribution in [2.24, 2.45) is 0 Å². The molecule has 0 aliphatic carbocycles. The minimum atomic E-state index is -0.0109. The number of rotatable bonds is 5. The quantitative estimate of drug-likeness (QED) is 0.559. The molecule has 0 N–H and O–H groups in total. The van der Waals surface area contributed by atoms with Gasteiger partial charge in [-0.25, -0.2) is 9.97 Å². The molecule has 0 atom stereocenters. The number of carbonyl (C=O) groups excluding carboxylic acids is 1. The molecule has 0 spiro atoms. The lowest BCUT2D eigenvalue weighted by Crippen LogP contribution is -2.49. The van der Waals surface area contributed by atoms with Gasteiger partial charge in [-0.2, -0.15) is 0 Å². The lowest BCUT2D eigenvalue weighted by molar-refractivity contribution is 0.0746. The molecule has 3 aromatic rings. The molecule has 5 nitrogen and oxygen atoms in total. The van der Waals surface area contributed by atoms with Crippen molar-refractivity contribution in [3.05, 3.63) is 87.3 Å². The molecule has 0 bridgehead atoms. The topological polar surface area (TPSA) is 49.3 Å². The van der Waals surface area contributed by atoms with Crippen LogP contribution in [0.25, 0.3) is 0 Å². The molecule has 0 radical (unpaired) electrons. The average Bonchev–Trinajstić information content (AvgIpc) is 2.81. The number of amides is 1. The van der Waals surface area contributed by atoms with E-state index < -0.39 is 0 Å². The minimum Gasteiger partial charge on any atom is -0.353 e. The van der Waals surface area contributed by atoms with Gasteiger partial charge in [0.05, 0.1) is 10.6 Å². The molecule has 1 saturated heterocycles.